The average molecular weight is 534 g/mol. The van der Waals surface area contributed by atoms with Crippen molar-refractivity contribution in [3.05, 3.63) is 42.4 Å². The van der Waals surface area contributed by atoms with Crippen molar-refractivity contribution in [3.8, 4) is 17.1 Å². The standard InChI is InChI=1S/C29H39N7O3/c1-33-8-10-34(11-9-33)19-27(37)36-13-12-35(17-21-7-14-39-20-21)18-26(36)28-30-16-25(31-28)23-15-22-5-3-4-6-24(22)32-29(23)38-2/h3-6,15-16,21,26H,7-14,17-20H2,1-2H3,(H,30,31). The smallest absolute Gasteiger partial charge is 0.237 e. The summed E-state index contributed by atoms with van der Waals surface area (Å²) in [6.45, 7) is 9.29. The molecule has 1 amide bonds. The summed E-state index contributed by atoms with van der Waals surface area (Å²) in [5.41, 5.74) is 2.59. The highest BCUT2D eigenvalue weighted by molar-refractivity contribution is 5.85. The number of likely N-dealkylation sites (N-methyl/N-ethyl adjacent to an activating group) is 1. The lowest BCUT2D eigenvalue weighted by Crippen LogP contribution is -2.55. The lowest BCUT2D eigenvalue weighted by Gasteiger charge is -2.42. The molecule has 1 N–H and O–H groups in total. The summed E-state index contributed by atoms with van der Waals surface area (Å²) in [7, 11) is 3.78. The lowest BCUT2D eigenvalue weighted by molar-refractivity contribution is -0.138. The van der Waals surface area contributed by atoms with Gasteiger partial charge in [0, 0.05) is 64.4 Å². The molecule has 2 aromatic heterocycles. The Morgan fingerprint density at radius 2 is 1.95 bits per heavy atom. The van der Waals surface area contributed by atoms with Crippen LogP contribution in [0.25, 0.3) is 22.2 Å². The van der Waals surface area contributed by atoms with Gasteiger partial charge in [-0.1, -0.05) is 18.2 Å². The third-order valence-electron chi connectivity index (χ3n) is 8.36. The number of methoxy groups -OCH3 is 1. The fraction of sp³-hybridized carbons (Fsp3) is 0.552. The van der Waals surface area contributed by atoms with Gasteiger partial charge in [0.15, 0.2) is 0 Å². The van der Waals surface area contributed by atoms with Gasteiger partial charge >= 0.3 is 0 Å². The number of piperazine rings is 2. The predicted octanol–water partition coefficient (Wildman–Crippen LogP) is 2.10. The van der Waals surface area contributed by atoms with Crippen molar-refractivity contribution < 1.29 is 14.3 Å². The van der Waals surface area contributed by atoms with Crippen molar-refractivity contribution in [3.63, 3.8) is 0 Å². The Morgan fingerprint density at radius 3 is 2.74 bits per heavy atom. The molecule has 39 heavy (non-hydrogen) atoms. The molecule has 0 spiro atoms. The van der Waals surface area contributed by atoms with Gasteiger partial charge in [0.2, 0.25) is 11.8 Å². The maximum Gasteiger partial charge on any atom is 0.237 e. The molecule has 2 unspecified atom stereocenters. The van der Waals surface area contributed by atoms with E-state index in [0.29, 0.717) is 24.9 Å². The Labute approximate surface area is 229 Å². The maximum absolute atomic E-state index is 13.7. The maximum atomic E-state index is 13.7. The number of nitrogens with one attached hydrogen (secondary N) is 1. The number of benzene rings is 1. The SMILES string of the molecule is COc1nc2ccccc2cc1-c1cnc(C2CN(CC3CCOC3)CCN2C(=O)CN2CCN(C)CC2)[nH]1. The Kier molecular flexibility index (Phi) is 7.78. The van der Waals surface area contributed by atoms with Crippen LogP contribution in [0.3, 0.4) is 0 Å². The number of H-pyrrole nitrogens is 1. The number of ether oxygens (including phenoxy) is 2. The zero-order chi connectivity index (χ0) is 26.8. The largest absolute Gasteiger partial charge is 0.480 e. The zero-order valence-electron chi connectivity index (χ0n) is 23.0. The number of pyridine rings is 1. The number of imidazole rings is 1. The summed E-state index contributed by atoms with van der Waals surface area (Å²) in [6.07, 6.45) is 2.95. The van der Waals surface area contributed by atoms with Crippen molar-refractivity contribution in [2.24, 2.45) is 5.92 Å². The number of carbonyl (C=O) groups is 1. The van der Waals surface area contributed by atoms with E-state index in [-0.39, 0.29) is 11.9 Å². The molecule has 1 aromatic carbocycles. The van der Waals surface area contributed by atoms with Crippen LogP contribution in [0.2, 0.25) is 0 Å². The molecular weight excluding hydrogens is 494 g/mol. The molecular formula is C29H39N7O3. The van der Waals surface area contributed by atoms with Crippen LogP contribution in [0.15, 0.2) is 36.5 Å². The molecule has 3 aliphatic rings. The van der Waals surface area contributed by atoms with Gasteiger partial charge in [0.1, 0.15) is 11.9 Å². The van der Waals surface area contributed by atoms with Crippen LogP contribution in [-0.4, -0.2) is 127 Å². The molecule has 208 valence electrons. The Balaban J connectivity index is 1.26. The minimum Gasteiger partial charge on any atom is -0.480 e. The predicted molar refractivity (Wildman–Crippen MR) is 150 cm³/mol. The number of fused-ring (bicyclic) bond motifs is 1. The molecule has 3 aliphatic heterocycles. The summed E-state index contributed by atoms with van der Waals surface area (Å²) in [4.78, 5) is 35.9. The number of hydrogen-bond acceptors (Lipinski definition) is 8. The Hall–Kier alpha value is -3.05. The number of aromatic amines is 1. The first-order valence-electron chi connectivity index (χ1n) is 14.1. The molecule has 3 fully saturated rings. The molecule has 3 saturated heterocycles. The molecule has 5 heterocycles. The van der Waals surface area contributed by atoms with Crippen LogP contribution in [0.5, 0.6) is 5.88 Å². The van der Waals surface area contributed by atoms with E-state index < -0.39 is 0 Å². The van der Waals surface area contributed by atoms with Gasteiger partial charge in [-0.3, -0.25) is 14.6 Å². The van der Waals surface area contributed by atoms with Gasteiger partial charge in [-0.15, -0.1) is 0 Å². The van der Waals surface area contributed by atoms with Gasteiger partial charge in [0.05, 0.1) is 43.2 Å². The van der Waals surface area contributed by atoms with Crippen molar-refractivity contribution in [1.82, 2.24) is 34.6 Å². The molecule has 10 heteroatoms. The summed E-state index contributed by atoms with van der Waals surface area (Å²) < 4.78 is 11.3. The highest BCUT2D eigenvalue weighted by atomic mass is 16.5. The summed E-state index contributed by atoms with van der Waals surface area (Å²) in [6, 6.07) is 9.96. The first kappa shape index (κ1) is 26.2. The number of carbonyl (C=O) groups excluding carboxylic acids is 1. The first-order chi connectivity index (χ1) is 19.1. The fourth-order valence-electron chi connectivity index (χ4n) is 6.01. The summed E-state index contributed by atoms with van der Waals surface area (Å²) in [5.74, 6) is 2.09. The third kappa shape index (κ3) is 5.79. The van der Waals surface area contributed by atoms with Gasteiger partial charge in [0.25, 0.3) is 0 Å². The molecule has 2 atom stereocenters. The second kappa shape index (κ2) is 11.6. The molecule has 0 bridgehead atoms. The quantitative estimate of drug-likeness (QED) is 0.494. The van der Waals surface area contributed by atoms with Gasteiger partial charge in [-0.2, -0.15) is 0 Å². The van der Waals surface area contributed by atoms with Crippen LogP contribution in [0.4, 0.5) is 0 Å². The van der Waals surface area contributed by atoms with Crippen LogP contribution in [-0.2, 0) is 9.53 Å². The van der Waals surface area contributed by atoms with Crippen LogP contribution in [0, 0.1) is 5.92 Å². The third-order valence-corrected chi connectivity index (χ3v) is 8.36. The molecule has 0 saturated carbocycles. The molecule has 0 aliphatic carbocycles. The number of amides is 1. The number of hydrogen-bond donors (Lipinski definition) is 1. The number of rotatable bonds is 7. The highest BCUT2D eigenvalue weighted by Crippen LogP contribution is 2.33. The van der Waals surface area contributed by atoms with Crippen LogP contribution >= 0.6 is 0 Å². The van der Waals surface area contributed by atoms with Gasteiger partial charge in [-0.05, 0) is 31.5 Å². The van der Waals surface area contributed by atoms with Crippen molar-refractivity contribution in [1.29, 1.82) is 0 Å². The van der Waals surface area contributed by atoms with E-state index in [9.17, 15) is 4.79 Å². The van der Waals surface area contributed by atoms with E-state index in [1.807, 2.05) is 35.4 Å². The second-order valence-electron chi connectivity index (χ2n) is 11.1. The van der Waals surface area contributed by atoms with Crippen LogP contribution in [0.1, 0.15) is 18.3 Å². The Bertz CT molecular complexity index is 1280. The lowest BCUT2D eigenvalue weighted by atomic mass is 10.1. The van der Waals surface area contributed by atoms with Crippen molar-refractivity contribution in [2.75, 3.05) is 86.3 Å². The summed E-state index contributed by atoms with van der Waals surface area (Å²) in [5, 5.41) is 1.04. The minimum atomic E-state index is -0.144. The first-order valence-corrected chi connectivity index (χ1v) is 14.1. The van der Waals surface area contributed by atoms with E-state index in [1.165, 1.54) is 0 Å². The van der Waals surface area contributed by atoms with E-state index in [4.69, 9.17) is 19.4 Å². The molecule has 10 nitrogen and oxygen atoms in total. The van der Waals surface area contributed by atoms with Crippen LogP contribution < -0.4 is 4.74 Å². The summed E-state index contributed by atoms with van der Waals surface area (Å²) >= 11 is 0. The second-order valence-corrected chi connectivity index (χ2v) is 11.1. The molecule has 6 rings (SSSR count). The van der Waals surface area contributed by atoms with E-state index in [0.717, 1.165) is 93.4 Å². The minimum absolute atomic E-state index is 0.144. The average Bonchev–Trinajstić information content (AvgIpc) is 3.66. The van der Waals surface area contributed by atoms with Crippen molar-refractivity contribution in [2.45, 2.75) is 12.5 Å². The number of aromatic nitrogens is 3. The van der Waals surface area contributed by atoms with Crippen molar-refractivity contribution >= 4 is 16.8 Å². The zero-order valence-corrected chi connectivity index (χ0v) is 23.0. The topological polar surface area (TPSA) is 90.1 Å². The van der Waals surface area contributed by atoms with E-state index in [2.05, 4.69) is 32.8 Å². The van der Waals surface area contributed by atoms with E-state index >= 15 is 0 Å². The molecule has 3 aromatic rings. The number of nitrogens with zero attached hydrogens (tertiary/aromatic N) is 6. The number of para-hydroxylation sites is 1. The highest BCUT2D eigenvalue weighted by Gasteiger charge is 2.35. The fourth-order valence-corrected chi connectivity index (χ4v) is 6.01. The normalized spacial score (nSPS) is 23.5. The van der Waals surface area contributed by atoms with E-state index in [1.54, 1.807) is 7.11 Å². The van der Waals surface area contributed by atoms with Gasteiger partial charge < -0.3 is 24.3 Å². The Morgan fingerprint density at radius 1 is 1.13 bits per heavy atom. The molecule has 0 radical (unpaired) electrons. The monoisotopic (exact) mass is 533 g/mol. The van der Waals surface area contributed by atoms with Gasteiger partial charge in [-0.25, -0.2) is 9.97 Å².